The van der Waals surface area contributed by atoms with E-state index in [2.05, 4.69) is 15.9 Å². The van der Waals surface area contributed by atoms with E-state index in [1.165, 1.54) is 5.32 Å². The molecule has 1 rings (SSSR count). The third-order valence-corrected chi connectivity index (χ3v) is 2.15. The van der Waals surface area contributed by atoms with E-state index < -0.39 is 29.3 Å². The van der Waals surface area contributed by atoms with Gasteiger partial charge in [0.25, 0.3) is 0 Å². The molecule has 3 nitrogen and oxygen atoms in total. The summed E-state index contributed by atoms with van der Waals surface area (Å²) < 4.78 is 48.3. The van der Waals surface area contributed by atoms with Crippen LogP contribution < -0.4 is 5.32 Å². The Hall–Kier alpha value is -1.31. The van der Waals surface area contributed by atoms with Gasteiger partial charge in [-0.3, -0.25) is 4.79 Å². The quantitative estimate of drug-likeness (QED) is 0.619. The fraction of sp³-hybridized carbons (Fsp3) is 0.125. The van der Waals surface area contributed by atoms with Crippen molar-refractivity contribution in [3.63, 3.8) is 0 Å². The summed E-state index contributed by atoms with van der Waals surface area (Å²) in [5, 5.41) is 10.5. The minimum atomic E-state index is -5.10. The topological polar surface area (TPSA) is 49.3 Å². The van der Waals surface area contributed by atoms with Gasteiger partial charge in [0.2, 0.25) is 0 Å². The van der Waals surface area contributed by atoms with Crippen LogP contribution in [0.25, 0.3) is 0 Å². The lowest BCUT2D eigenvalue weighted by Gasteiger charge is -2.09. The number of alkyl halides is 3. The fourth-order valence-corrected chi connectivity index (χ4v) is 1.16. The van der Waals surface area contributed by atoms with Gasteiger partial charge in [-0.15, -0.1) is 0 Å². The van der Waals surface area contributed by atoms with Gasteiger partial charge in [-0.1, -0.05) is 0 Å². The average molecular weight is 302 g/mol. The summed E-state index contributed by atoms with van der Waals surface area (Å²) in [7, 11) is 0. The van der Waals surface area contributed by atoms with Gasteiger partial charge >= 0.3 is 12.1 Å². The maximum atomic E-state index is 12.9. The molecule has 0 bridgehead atoms. The zero-order valence-electron chi connectivity index (χ0n) is 7.40. The van der Waals surface area contributed by atoms with Crippen molar-refractivity contribution >= 4 is 27.5 Å². The molecule has 0 fully saturated rings. The standard InChI is InChI=1S/C8H4BrF4NO2/c9-3-1-6(15)5(2-4(3)10)14-7(16)8(11,12)13/h1-2,15H,(H,14,16). The second kappa shape index (κ2) is 4.28. The van der Waals surface area contributed by atoms with Crippen LogP contribution in [0.2, 0.25) is 0 Å². The Morgan fingerprint density at radius 2 is 1.94 bits per heavy atom. The van der Waals surface area contributed by atoms with E-state index >= 15 is 0 Å². The number of amides is 1. The van der Waals surface area contributed by atoms with Gasteiger partial charge in [0.15, 0.2) is 0 Å². The number of hydrogen-bond donors (Lipinski definition) is 2. The van der Waals surface area contributed by atoms with Gasteiger partial charge < -0.3 is 10.4 Å². The van der Waals surface area contributed by atoms with Crippen molar-refractivity contribution < 1.29 is 27.5 Å². The van der Waals surface area contributed by atoms with Crippen molar-refractivity contribution in [3.8, 4) is 5.75 Å². The van der Waals surface area contributed by atoms with Gasteiger partial charge in [0.1, 0.15) is 11.6 Å². The first-order valence-corrected chi connectivity index (χ1v) is 4.57. The monoisotopic (exact) mass is 301 g/mol. The molecule has 0 saturated carbocycles. The average Bonchev–Trinajstić information content (AvgIpc) is 2.12. The van der Waals surface area contributed by atoms with E-state index in [0.29, 0.717) is 6.07 Å². The minimum Gasteiger partial charge on any atom is -0.506 e. The van der Waals surface area contributed by atoms with E-state index in [-0.39, 0.29) is 4.47 Å². The Morgan fingerprint density at radius 3 is 2.44 bits per heavy atom. The Bertz CT molecular complexity index is 433. The highest BCUT2D eigenvalue weighted by Crippen LogP contribution is 2.30. The van der Waals surface area contributed by atoms with E-state index in [0.717, 1.165) is 6.07 Å². The number of aromatic hydroxyl groups is 1. The molecule has 0 aliphatic heterocycles. The van der Waals surface area contributed by atoms with Crippen LogP contribution in [0, 0.1) is 5.82 Å². The molecule has 0 aliphatic rings. The van der Waals surface area contributed by atoms with E-state index in [9.17, 15) is 22.4 Å². The number of phenols is 1. The number of nitrogens with one attached hydrogen (secondary N) is 1. The summed E-state index contributed by atoms with van der Waals surface area (Å²) in [6.45, 7) is 0. The number of hydrogen-bond acceptors (Lipinski definition) is 2. The summed E-state index contributed by atoms with van der Waals surface area (Å²) in [5.41, 5.74) is -0.650. The zero-order valence-corrected chi connectivity index (χ0v) is 8.99. The molecule has 0 spiro atoms. The lowest BCUT2D eigenvalue weighted by atomic mass is 10.3. The number of anilines is 1. The molecule has 1 amide bonds. The largest absolute Gasteiger partial charge is 0.506 e. The van der Waals surface area contributed by atoms with Crippen LogP contribution in [-0.2, 0) is 4.79 Å². The van der Waals surface area contributed by atoms with Crippen molar-refractivity contribution in [2.45, 2.75) is 6.18 Å². The predicted octanol–water partition coefficient (Wildman–Crippen LogP) is 2.79. The summed E-state index contributed by atoms with van der Waals surface area (Å²) in [6, 6.07) is 1.41. The molecule has 0 atom stereocenters. The molecule has 16 heavy (non-hydrogen) atoms. The number of rotatable bonds is 1. The van der Waals surface area contributed by atoms with Crippen LogP contribution in [0.5, 0.6) is 5.75 Å². The third-order valence-electron chi connectivity index (χ3n) is 1.54. The molecule has 88 valence electrons. The predicted molar refractivity (Wildman–Crippen MR) is 50.4 cm³/mol. The van der Waals surface area contributed by atoms with Crippen LogP contribution in [-0.4, -0.2) is 17.2 Å². The molecule has 0 aromatic heterocycles. The van der Waals surface area contributed by atoms with Crippen LogP contribution in [0.15, 0.2) is 16.6 Å². The molecule has 0 saturated heterocycles. The second-order valence-corrected chi connectivity index (χ2v) is 3.59. The van der Waals surface area contributed by atoms with E-state index in [1.807, 2.05) is 0 Å². The van der Waals surface area contributed by atoms with E-state index in [4.69, 9.17) is 5.11 Å². The molecule has 0 aliphatic carbocycles. The van der Waals surface area contributed by atoms with Crippen molar-refractivity contribution in [1.29, 1.82) is 0 Å². The normalized spacial score (nSPS) is 11.3. The third kappa shape index (κ3) is 2.84. The van der Waals surface area contributed by atoms with Crippen LogP contribution in [0.1, 0.15) is 0 Å². The first-order valence-electron chi connectivity index (χ1n) is 3.78. The Balaban J connectivity index is 2.99. The first-order chi connectivity index (χ1) is 7.21. The van der Waals surface area contributed by atoms with Gasteiger partial charge in [-0.25, -0.2) is 4.39 Å². The van der Waals surface area contributed by atoms with Gasteiger partial charge in [-0.05, 0) is 22.0 Å². The maximum absolute atomic E-state index is 12.9. The highest BCUT2D eigenvalue weighted by molar-refractivity contribution is 9.10. The Kier molecular flexibility index (Phi) is 3.41. The number of carbonyl (C=O) groups is 1. The van der Waals surface area contributed by atoms with Crippen molar-refractivity contribution in [1.82, 2.24) is 0 Å². The van der Waals surface area contributed by atoms with Gasteiger partial charge in [0, 0.05) is 6.07 Å². The highest BCUT2D eigenvalue weighted by atomic mass is 79.9. The second-order valence-electron chi connectivity index (χ2n) is 2.74. The molecule has 1 aromatic rings. The molecule has 0 unspecified atom stereocenters. The van der Waals surface area contributed by atoms with Crippen molar-refractivity contribution in [2.24, 2.45) is 0 Å². The smallest absolute Gasteiger partial charge is 0.471 e. The lowest BCUT2D eigenvalue weighted by Crippen LogP contribution is -2.29. The molecule has 0 radical (unpaired) electrons. The molecule has 8 heteroatoms. The van der Waals surface area contributed by atoms with Gasteiger partial charge in [0.05, 0.1) is 10.2 Å². The SMILES string of the molecule is O=C(Nc1cc(F)c(Br)cc1O)C(F)(F)F. The van der Waals surface area contributed by atoms with E-state index in [1.54, 1.807) is 0 Å². The highest BCUT2D eigenvalue weighted by Gasteiger charge is 2.39. The molecule has 2 N–H and O–H groups in total. The fourth-order valence-electron chi connectivity index (χ4n) is 0.830. The zero-order chi connectivity index (χ0) is 12.5. The van der Waals surface area contributed by atoms with Crippen molar-refractivity contribution in [2.75, 3.05) is 5.32 Å². The number of phenolic OH excluding ortho intramolecular Hbond substituents is 1. The lowest BCUT2D eigenvalue weighted by molar-refractivity contribution is -0.167. The number of benzene rings is 1. The van der Waals surface area contributed by atoms with Crippen LogP contribution >= 0.6 is 15.9 Å². The van der Waals surface area contributed by atoms with Crippen LogP contribution in [0.3, 0.4) is 0 Å². The first kappa shape index (κ1) is 12.8. The molecular formula is C8H4BrF4NO2. The van der Waals surface area contributed by atoms with Crippen LogP contribution in [0.4, 0.5) is 23.2 Å². The summed E-state index contributed by atoms with van der Waals surface area (Å²) in [6.07, 6.45) is -5.10. The summed E-state index contributed by atoms with van der Waals surface area (Å²) >= 11 is 2.72. The minimum absolute atomic E-state index is 0.130. The van der Waals surface area contributed by atoms with Crippen molar-refractivity contribution in [3.05, 3.63) is 22.4 Å². The summed E-state index contributed by atoms with van der Waals surface area (Å²) in [5.74, 6) is -3.87. The number of halogens is 5. The maximum Gasteiger partial charge on any atom is 0.471 e. The molecular weight excluding hydrogens is 298 g/mol. The molecule has 1 aromatic carbocycles. The van der Waals surface area contributed by atoms with Gasteiger partial charge in [-0.2, -0.15) is 13.2 Å². The summed E-state index contributed by atoms with van der Waals surface area (Å²) in [4.78, 5) is 10.5. The molecule has 0 heterocycles. The Labute approximate surface area is 95.2 Å². The number of carbonyl (C=O) groups excluding carboxylic acids is 1. The Morgan fingerprint density at radius 1 is 1.38 bits per heavy atom.